The van der Waals surface area contributed by atoms with Crippen LogP contribution >= 0.6 is 0 Å². The Bertz CT molecular complexity index is 623. The smallest absolute Gasteiger partial charge is 0.332 e. The van der Waals surface area contributed by atoms with Gasteiger partial charge in [0.1, 0.15) is 0 Å². The maximum Gasteiger partial charge on any atom is 0.334 e. The molecule has 7 heteroatoms. The Hall–Kier alpha value is -1.76. The molecule has 122 valence electrons. The lowest BCUT2D eigenvalue weighted by Crippen LogP contribution is -2.56. The standard InChI is InChI=1S/C15H23N3O3S/c1-15(2,3)16-14(19)17-18(12-7-5-4-6-8-12)13-9-10-22(20,21)11-13/h4-8,13H,9-11H2,1-3H3,(H2,16,17,19)/t13-/m1/s1. The van der Waals surface area contributed by atoms with Crippen molar-refractivity contribution in [3.05, 3.63) is 30.3 Å². The number of nitrogens with one attached hydrogen (secondary N) is 2. The van der Waals surface area contributed by atoms with E-state index in [1.165, 1.54) is 0 Å². The summed E-state index contributed by atoms with van der Waals surface area (Å²) in [6.07, 6.45) is 0.507. The van der Waals surface area contributed by atoms with E-state index in [2.05, 4.69) is 10.7 Å². The van der Waals surface area contributed by atoms with Gasteiger partial charge in [0.15, 0.2) is 9.84 Å². The normalized spacial score (nSPS) is 20.4. The fraction of sp³-hybridized carbons (Fsp3) is 0.533. The van der Waals surface area contributed by atoms with Gasteiger partial charge in [0.05, 0.1) is 23.2 Å². The molecule has 0 saturated carbocycles. The fourth-order valence-corrected chi connectivity index (χ4v) is 4.11. The Morgan fingerprint density at radius 3 is 2.36 bits per heavy atom. The third kappa shape index (κ3) is 4.62. The first-order chi connectivity index (χ1) is 10.2. The Balaban J connectivity index is 2.18. The van der Waals surface area contributed by atoms with E-state index >= 15 is 0 Å². The number of hydrazine groups is 1. The van der Waals surface area contributed by atoms with Gasteiger partial charge in [-0.05, 0) is 39.3 Å². The molecule has 22 heavy (non-hydrogen) atoms. The molecule has 1 atom stereocenters. The van der Waals surface area contributed by atoms with Gasteiger partial charge in [-0.2, -0.15) is 0 Å². The number of para-hydroxylation sites is 1. The van der Waals surface area contributed by atoms with Gasteiger partial charge in [0.25, 0.3) is 0 Å². The number of hydrogen-bond donors (Lipinski definition) is 2. The number of nitrogens with zero attached hydrogens (tertiary/aromatic N) is 1. The van der Waals surface area contributed by atoms with E-state index < -0.39 is 9.84 Å². The summed E-state index contributed by atoms with van der Waals surface area (Å²) in [4.78, 5) is 12.1. The van der Waals surface area contributed by atoms with Crippen molar-refractivity contribution in [3.8, 4) is 0 Å². The van der Waals surface area contributed by atoms with E-state index in [9.17, 15) is 13.2 Å². The van der Waals surface area contributed by atoms with Gasteiger partial charge in [-0.1, -0.05) is 18.2 Å². The van der Waals surface area contributed by atoms with Gasteiger partial charge in [0.2, 0.25) is 0 Å². The highest BCUT2D eigenvalue weighted by Gasteiger charge is 2.33. The molecule has 2 rings (SSSR count). The van der Waals surface area contributed by atoms with E-state index in [1.807, 2.05) is 51.1 Å². The monoisotopic (exact) mass is 325 g/mol. The highest BCUT2D eigenvalue weighted by atomic mass is 32.2. The molecule has 1 fully saturated rings. The van der Waals surface area contributed by atoms with Crippen molar-refractivity contribution >= 4 is 21.6 Å². The molecule has 0 aromatic heterocycles. The van der Waals surface area contributed by atoms with Crippen LogP contribution < -0.4 is 15.8 Å². The number of anilines is 1. The summed E-state index contributed by atoms with van der Waals surface area (Å²) >= 11 is 0. The maximum atomic E-state index is 12.1. The molecule has 1 aliphatic heterocycles. The van der Waals surface area contributed by atoms with Crippen molar-refractivity contribution in [2.45, 2.75) is 38.8 Å². The molecule has 1 aliphatic rings. The van der Waals surface area contributed by atoms with E-state index in [-0.39, 0.29) is 29.1 Å². The zero-order valence-electron chi connectivity index (χ0n) is 13.2. The van der Waals surface area contributed by atoms with Gasteiger partial charge in [-0.3, -0.25) is 5.01 Å². The van der Waals surface area contributed by atoms with Crippen molar-refractivity contribution < 1.29 is 13.2 Å². The zero-order chi connectivity index (χ0) is 16.4. The quantitative estimate of drug-likeness (QED) is 0.829. The van der Waals surface area contributed by atoms with Crippen LogP contribution in [0.15, 0.2) is 30.3 Å². The summed E-state index contributed by atoms with van der Waals surface area (Å²) in [5, 5.41) is 4.48. The van der Waals surface area contributed by atoms with Crippen LogP contribution in [-0.4, -0.2) is 37.5 Å². The number of carbonyl (C=O) groups is 1. The average molecular weight is 325 g/mol. The van der Waals surface area contributed by atoms with Crippen LogP contribution in [0.4, 0.5) is 10.5 Å². The minimum Gasteiger partial charge on any atom is -0.332 e. The number of urea groups is 1. The van der Waals surface area contributed by atoms with Crippen molar-refractivity contribution in [2.75, 3.05) is 16.5 Å². The molecule has 1 heterocycles. The molecule has 0 unspecified atom stereocenters. The molecule has 1 aromatic carbocycles. The highest BCUT2D eigenvalue weighted by Crippen LogP contribution is 2.22. The molecular weight excluding hydrogens is 302 g/mol. The number of amides is 2. The predicted octanol–water partition coefficient (Wildman–Crippen LogP) is 1.69. The third-order valence-corrected chi connectivity index (χ3v) is 5.07. The first-order valence-electron chi connectivity index (χ1n) is 7.30. The lowest BCUT2D eigenvalue weighted by Gasteiger charge is -2.32. The number of carbonyl (C=O) groups excluding carboxylic acids is 1. The zero-order valence-corrected chi connectivity index (χ0v) is 14.0. The minimum absolute atomic E-state index is 0.0533. The van der Waals surface area contributed by atoms with Crippen molar-refractivity contribution in [1.29, 1.82) is 0 Å². The molecule has 0 bridgehead atoms. The summed E-state index contributed by atoms with van der Waals surface area (Å²) in [6.45, 7) is 5.67. The van der Waals surface area contributed by atoms with Crippen LogP contribution in [0.25, 0.3) is 0 Å². The Labute approximate surface area is 131 Å². The molecule has 0 aliphatic carbocycles. The Kier molecular flexibility index (Phi) is 4.65. The minimum atomic E-state index is -3.03. The van der Waals surface area contributed by atoms with Crippen LogP contribution in [-0.2, 0) is 9.84 Å². The molecule has 0 spiro atoms. The first kappa shape index (κ1) is 16.6. The van der Waals surface area contributed by atoms with Crippen LogP contribution in [0.1, 0.15) is 27.2 Å². The van der Waals surface area contributed by atoms with Gasteiger partial charge in [-0.15, -0.1) is 0 Å². The Morgan fingerprint density at radius 1 is 1.23 bits per heavy atom. The van der Waals surface area contributed by atoms with Crippen LogP contribution in [0.2, 0.25) is 0 Å². The SMILES string of the molecule is CC(C)(C)NC(=O)NN(c1ccccc1)[C@@H]1CCS(=O)(=O)C1. The molecular formula is C15H23N3O3S. The second kappa shape index (κ2) is 6.16. The largest absolute Gasteiger partial charge is 0.334 e. The van der Waals surface area contributed by atoms with Crippen LogP contribution in [0.3, 0.4) is 0 Å². The summed E-state index contributed by atoms with van der Waals surface area (Å²) in [5.41, 5.74) is 3.19. The molecule has 1 aromatic rings. The molecule has 6 nitrogen and oxygen atoms in total. The molecule has 2 amide bonds. The molecule has 1 saturated heterocycles. The van der Waals surface area contributed by atoms with Gasteiger partial charge < -0.3 is 5.32 Å². The first-order valence-corrected chi connectivity index (χ1v) is 9.12. The van der Waals surface area contributed by atoms with E-state index in [4.69, 9.17) is 0 Å². The van der Waals surface area contributed by atoms with Crippen LogP contribution in [0.5, 0.6) is 0 Å². The second-order valence-electron chi connectivity index (χ2n) is 6.58. The van der Waals surface area contributed by atoms with E-state index in [0.29, 0.717) is 6.42 Å². The summed E-state index contributed by atoms with van der Waals surface area (Å²) in [7, 11) is -3.03. The summed E-state index contributed by atoms with van der Waals surface area (Å²) in [6, 6.07) is 8.69. The van der Waals surface area contributed by atoms with Gasteiger partial charge in [0, 0.05) is 5.54 Å². The van der Waals surface area contributed by atoms with Crippen molar-refractivity contribution in [1.82, 2.24) is 10.7 Å². The fourth-order valence-electron chi connectivity index (χ4n) is 2.41. The molecule has 2 N–H and O–H groups in total. The van der Waals surface area contributed by atoms with Crippen LogP contribution in [0, 0.1) is 0 Å². The van der Waals surface area contributed by atoms with E-state index in [0.717, 1.165) is 5.69 Å². The maximum absolute atomic E-state index is 12.1. The number of rotatable bonds is 3. The predicted molar refractivity (Wildman–Crippen MR) is 87.4 cm³/mol. The van der Waals surface area contributed by atoms with E-state index in [1.54, 1.807) is 5.01 Å². The topological polar surface area (TPSA) is 78.5 Å². The number of sulfone groups is 1. The lowest BCUT2D eigenvalue weighted by atomic mass is 10.1. The van der Waals surface area contributed by atoms with Crippen molar-refractivity contribution in [2.24, 2.45) is 0 Å². The number of benzene rings is 1. The summed E-state index contributed by atoms with van der Waals surface area (Å²) < 4.78 is 23.5. The molecule has 0 radical (unpaired) electrons. The Morgan fingerprint density at radius 2 is 1.86 bits per heavy atom. The van der Waals surface area contributed by atoms with Gasteiger partial charge >= 0.3 is 6.03 Å². The summed E-state index contributed by atoms with van der Waals surface area (Å²) in [5.74, 6) is 0.210. The average Bonchev–Trinajstić information content (AvgIpc) is 2.75. The highest BCUT2D eigenvalue weighted by molar-refractivity contribution is 7.91. The van der Waals surface area contributed by atoms with Crippen molar-refractivity contribution in [3.63, 3.8) is 0 Å². The number of hydrogen-bond acceptors (Lipinski definition) is 4. The third-order valence-electron chi connectivity index (χ3n) is 3.32. The second-order valence-corrected chi connectivity index (χ2v) is 8.81. The lowest BCUT2D eigenvalue weighted by molar-refractivity contribution is 0.230. The van der Waals surface area contributed by atoms with Gasteiger partial charge in [-0.25, -0.2) is 18.6 Å².